The topological polar surface area (TPSA) is 77.7 Å². The second-order valence-electron chi connectivity index (χ2n) is 2.51. The van der Waals surface area contributed by atoms with Crippen LogP contribution in [0.3, 0.4) is 0 Å². The Kier molecular flexibility index (Phi) is 2.13. The zero-order chi connectivity index (χ0) is 10.3. The van der Waals surface area contributed by atoms with Gasteiger partial charge < -0.3 is 9.22 Å². The molecule has 0 aliphatic carbocycles. The summed E-state index contributed by atoms with van der Waals surface area (Å²) in [7, 11) is 9.42. The van der Waals surface area contributed by atoms with Crippen LogP contribution >= 0.6 is 0 Å². The van der Waals surface area contributed by atoms with Crippen LogP contribution in [0.5, 0.6) is 0 Å². The minimum atomic E-state index is -0.288. The van der Waals surface area contributed by atoms with Crippen LogP contribution in [0.15, 0.2) is 4.79 Å². The molecule has 2 N–H and O–H groups in total. The van der Waals surface area contributed by atoms with Gasteiger partial charge >= 0.3 is 0 Å². The molecule has 0 aromatic carbocycles. The summed E-state index contributed by atoms with van der Waals surface area (Å²) in [6.07, 6.45) is 0. The van der Waals surface area contributed by atoms with Crippen LogP contribution in [0.4, 0.5) is 5.95 Å². The van der Waals surface area contributed by atoms with E-state index < -0.39 is 0 Å². The molecule has 0 spiro atoms. The van der Waals surface area contributed by atoms with Crippen LogP contribution in [0, 0.1) is 0 Å². The monoisotopic (exact) mass is 232 g/mol. The zero-order valence-corrected chi connectivity index (χ0v) is 9.75. The van der Waals surface area contributed by atoms with Crippen molar-refractivity contribution in [2.45, 2.75) is 0 Å². The van der Waals surface area contributed by atoms with Crippen molar-refractivity contribution in [2.24, 2.45) is 0 Å². The van der Waals surface area contributed by atoms with E-state index in [1.165, 1.54) is 4.23 Å². The summed E-state index contributed by atoms with van der Waals surface area (Å²) >= 11 is 0. The maximum atomic E-state index is 11.5. The SMILES string of the molecule is O=c1[nH]c(N([Si])[Si])nc2nc([Si])[nH]c12. The second kappa shape index (κ2) is 3.18. The molecule has 0 aliphatic rings. The maximum Gasteiger partial charge on any atom is 0.278 e. The van der Waals surface area contributed by atoms with E-state index in [4.69, 9.17) is 0 Å². The Hall–Kier alpha value is -1.20. The number of hydrogen-bond acceptors (Lipinski definition) is 4. The summed E-state index contributed by atoms with van der Waals surface area (Å²) < 4.78 is 1.32. The molecule has 0 bridgehead atoms. The molecule has 2 rings (SSSR count). The lowest BCUT2D eigenvalue weighted by Crippen LogP contribution is -2.21. The van der Waals surface area contributed by atoms with Gasteiger partial charge in [-0.15, -0.1) is 0 Å². The molecule has 0 unspecified atom stereocenters. The molecular weight excluding hydrogens is 230 g/mol. The van der Waals surface area contributed by atoms with Crippen molar-refractivity contribution >= 4 is 53.6 Å². The maximum absolute atomic E-state index is 11.5. The molecule has 0 saturated carbocycles. The number of fused-ring (bicyclic) bond motifs is 1. The third-order valence-electron chi connectivity index (χ3n) is 1.56. The molecule has 0 aliphatic heterocycles. The van der Waals surface area contributed by atoms with Crippen molar-refractivity contribution in [3.8, 4) is 0 Å². The van der Waals surface area contributed by atoms with Gasteiger partial charge in [-0.05, 0) is 0 Å². The molecule has 65 valence electrons. The first-order chi connectivity index (χ1) is 6.58. The number of imidazole rings is 1. The van der Waals surface area contributed by atoms with Crippen molar-refractivity contribution in [3.63, 3.8) is 0 Å². The molecule has 0 saturated heterocycles. The third-order valence-corrected chi connectivity index (χ3v) is 2.22. The van der Waals surface area contributed by atoms with Crippen molar-refractivity contribution in [1.82, 2.24) is 19.9 Å². The van der Waals surface area contributed by atoms with Crippen molar-refractivity contribution in [3.05, 3.63) is 10.4 Å². The largest absolute Gasteiger partial charge is 0.399 e. The van der Waals surface area contributed by atoms with Crippen LogP contribution < -0.4 is 15.2 Å². The van der Waals surface area contributed by atoms with Gasteiger partial charge in [-0.2, -0.15) is 4.98 Å². The Balaban J connectivity index is 2.78. The van der Waals surface area contributed by atoms with E-state index >= 15 is 0 Å². The molecule has 0 amide bonds. The summed E-state index contributed by atoms with van der Waals surface area (Å²) in [5.41, 5.74) is 0.849. The Labute approximate surface area is 88.6 Å². The highest BCUT2D eigenvalue weighted by Crippen LogP contribution is 2.02. The van der Waals surface area contributed by atoms with Gasteiger partial charge in [0.05, 0.1) is 5.45 Å². The Bertz CT molecular complexity index is 532. The van der Waals surface area contributed by atoms with Gasteiger partial charge in [-0.25, -0.2) is 4.98 Å². The number of aromatic nitrogens is 4. The van der Waals surface area contributed by atoms with Gasteiger partial charge in [-0.3, -0.25) is 9.78 Å². The minimum absolute atomic E-state index is 0.288. The Morgan fingerprint density at radius 3 is 2.57 bits per heavy atom. The van der Waals surface area contributed by atoms with Crippen molar-refractivity contribution in [2.75, 3.05) is 4.23 Å². The molecule has 2 heterocycles. The fraction of sp³-hybridized carbons (Fsp3) is 0. The molecule has 14 heavy (non-hydrogen) atoms. The molecule has 2 aromatic heterocycles. The van der Waals surface area contributed by atoms with Crippen LogP contribution in [-0.2, 0) is 0 Å². The van der Waals surface area contributed by atoms with Crippen LogP contribution in [0.1, 0.15) is 0 Å². The Morgan fingerprint density at radius 1 is 1.21 bits per heavy atom. The predicted octanol–water partition coefficient (Wildman–Crippen LogP) is -2.59. The van der Waals surface area contributed by atoms with E-state index in [0.29, 0.717) is 22.6 Å². The standard InChI is InChI=1S/C5H2N5OSi3/c11-3-1-2(8-5(12)6-1)7-4(9-3)10(13)14/h(H2,6,7,8,9,11). The highest BCUT2D eigenvalue weighted by atomic mass is 28.2. The normalized spacial score (nSPS) is 10.8. The highest BCUT2D eigenvalue weighted by Gasteiger charge is 2.08. The third kappa shape index (κ3) is 1.44. The summed E-state index contributed by atoms with van der Waals surface area (Å²) in [4.78, 5) is 24.8. The molecule has 6 nitrogen and oxygen atoms in total. The summed E-state index contributed by atoms with van der Waals surface area (Å²) in [6.45, 7) is 0. The fourth-order valence-electron chi connectivity index (χ4n) is 1.00. The van der Waals surface area contributed by atoms with E-state index in [0.717, 1.165) is 0 Å². The fourth-order valence-corrected chi connectivity index (χ4v) is 1.44. The first kappa shape index (κ1) is 9.36. The summed E-state index contributed by atoms with van der Waals surface area (Å²) in [6, 6.07) is 0. The number of nitrogens with one attached hydrogen (secondary N) is 2. The average molecular weight is 232 g/mol. The number of hydrogen-bond donors (Lipinski definition) is 2. The van der Waals surface area contributed by atoms with E-state index in [2.05, 4.69) is 51.0 Å². The lowest BCUT2D eigenvalue weighted by atomic mass is 10.5. The zero-order valence-electron chi connectivity index (χ0n) is 6.75. The van der Waals surface area contributed by atoms with E-state index in [1.54, 1.807) is 0 Å². The number of H-pyrrole nitrogens is 2. The first-order valence-electron chi connectivity index (χ1n) is 3.52. The highest BCUT2D eigenvalue weighted by molar-refractivity contribution is 6.41. The van der Waals surface area contributed by atoms with Crippen LogP contribution in [-0.4, -0.2) is 51.0 Å². The number of anilines is 1. The van der Waals surface area contributed by atoms with Crippen molar-refractivity contribution < 1.29 is 0 Å². The molecule has 0 fully saturated rings. The first-order valence-corrected chi connectivity index (χ1v) is 4.91. The summed E-state index contributed by atoms with van der Waals surface area (Å²) in [5, 5.41) is 0. The quantitative estimate of drug-likeness (QED) is 0.529. The lowest BCUT2D eigenvalue weighted by molar-refractivity contribution is 1.14. The lowest BCUT2D eigenvalue weighted by Gasteiger charge is -2.08. The van der Waals surface area contributed by atoms with Gasteiger partial charge in [0.15, 0.2) is 37.9 Å². The molecule has 0 atom stereocenters. The van der Waals surface area contributed by atoms with Gasteiger partial charge in [-0.1, -0.05) is 0 Å². The van der Waals surface area contributed by atoms with Gasteiger partial charge in [0, 0.05) is 0 Å². The van der Waals surface area contributed by atoms with Gasteiger partial charge in [0.25, 0.3) is 5.56 Å². The van der Waals surface area contributed by atoms with Crippen LogP contribution in [0.25, 0.3) is 11.2 Å². The predicted molar refractivity (Wildman–Crippen MR) is 53.9 cm³/mol. The van der Waals surface area contributed by atoms with Crippen molar-refractivity contribution in [1.29, 1.82) is 0 Å². The molecule has 9 radical (unpaired) electrons. The van der Waals surface area contributed by atoms with E-state index in [-0.39, 0.29) is 5.56 Å². The van der Waals surface area contributed by atoms with Gasteiger partial charge in [0.1, 0.15) is 10.2 Å². The molecular formula is C5H2N5OSi3. The van der Waals surface area contributed by atoms with E-state index in [1.807, 2.05) is 0 Å². The molecule has 2 aromatic rings. The second-order valence-corrected chi connectivity index (χ2v) is 4.32. The molecule has 9 heteroatoms. The summed E-state index contributed by atoms with van der Waals surface area (Å²) in [5.74, 6) is 0.314. The smallest absolute Gasteiger partial charge is 0.278 e. The minimum Gasteiger partial charge on any atom is -0.399 e. The Morgan fingerprint density at radius 2 is 1.93 bits per heavy atom. The van der Waals surface area contributed by atoms with Gasteiger partial charge in [0.2, 0.25) is 0 Å². The number of rotatable bonds is 1. The number of nitrogens with zero attached hydrogens (tertiary/aromatic N) is 3. The average Bonchev–Trinajstić information content (AvgIpc) is 2.45. The van der Waals surface area contributed by atoms with Crippen LogP contribution in [0.2, 0.25) is 0 Å². The number of aromatic amines is 2. The van der Waals surface area contributed by atoms with E-state index in [9.17, 15) is 4.79 Å².